The lowest BCUT2D eigenvalue weighted by Crippen LogP contribution is -2.56. The second-order valence-electron chi connectivity index (χ2n) is 5.01. The van der Waals surface area contributed by atoms with Gasteiger partial charge in [0.1, 0.15) is 0 Å². The summed E-state index contributed by atoms with van der Waals surface area (Å²) in [6, 6.07) is 0. The van der Waals surface area contributed by atoms with Gasteiger partial charge >= 0.3 is 0 Å². The Hall–Kier alpha value is -0.650. The molecule has 1 atom stereocenters. The van der Waals surface area contributed by atoms with Gasteiger partial charge in [0, 0.05) is 20.7 Å². The molecule has 1 amide bonds. The van der Waals surface area contributed by atoms with Gasteiger partial charge in [0.25, 0.3) is 0 Å². The molecule has 0 heterocycles. The fraction of sp³-hybridized carbons (Fsp3) is 0.917. The minimum absolute atomic E-state index is 0.0626. The van der Waals surface area contributed by atoms with Crippen molar-refractivity contribution < 1.29 is 14.6 Å². The molecule has 0 aromatic carbocycles. The van der Waals surface area contributed by atoms with Crippen molar-refractivity contribution in [2.24, 2.45) is 5.73 Å². The number of rotatable bonds is 5. The fourth-order valence-corrected chi connectivity index (χ4v) is 2.42. The van der Waals surface area contributed by atoms with Crippen LogP contribution in [0.15, 0.2) is 0 Å². The summed E-state index contributed by atoms with van der Waals surface area (Å²) in [6.07, 6.45) is 4.02. The lowest BCUT2D eigenvalue weighted by Gasteiger charge is -2.35. The first kappa shape index (κ1) is 14.4. The van der Waals surface area contributed by atoms with E-state index in [9.17, 15) is 9.90 Å². The Labute approximate surface area is 103 Å². The van der Waals surface area contributed by atoms with Gasteiger partial charge in [0.05, 0.1) is 18.2 Å². The molecular formula is C12H24N2O3. The number of hydrogen-bond acceptors (Lipinski definition) is 4. The van der Waals surface area contributed by atoms with Gasteiger partial charge < -0.3 is 20.5 Å². The van der Waals surface area contributed by atoms with Crippen molar-refractivity contribution in [2.75, 3.05) is 27.3 Å². The van der Waals surface area contributed by atoms with Gasteiger partial charge in [-0.05, 0) is 12.8 Å². The maximum absolute atomic E-state index is 12.2. The molecule has 1 aliphatic carbocycles. The van der Waals surface area contributed by atoms with Crippen LogP contribution in [-0.2, 0) is 9.53 Å². The van der Waals surface area contributed by atoms with Crippen LogP contribution in [0.25, 0.3) is 0 Å². The van der Waals surface area contributed by atoms with Gasteiger partial charge in [-0.1, -0.05) is 19.3 Å². The summed E-state index contributed by atoms with van der Waals surface area (Å²) in [7, 11) is 3.21. The number of nitrogens with two attached hydrogens (primary N) is 1. The lowest BCUT2D eigenvalue weighted by atomic mass is 9.81. The second-order valence-corrected chi connectivity index (χ2v) is 5.01. The van der Waals surface area contributed by atoms with E-state index in [0.717, 1.165) is 32.1 Å². The molecule has 1 aliphatic rings. The highest BCUT2D eigenvalue weighted by Gasteiger charge is 2.37. The summed E-state index contributed by atoms with van der Waals surface area (Å²) < 4.78 is 4.84. The van der Waals surface area contributed by atoms with Crippen LogP contribution in [0.4, 0.5) is 0 Å². The molecule has 1 rings (SSSR count). The molecule has 100 valence electrons. The standard InChI is InChI=1S/C12H24N2O3/c1-14(8-10(15)9-17-2)11(16)12(13)6-4-3-5-7-12/h10,15H,3-9,13H2,1-2H3. The third kappa shape index (κ3) is 3.94. The van der Waals surface area contributed by atoms with E-state index < -0.39 is 11.6 Å². The number of ether oxygens (including phenoxy) is 1. The summed E-state index contributed by atoms with van der Waals surface area (Å²) in [6.45, 7) is 0.501. The quantitative estimate of drug-likeness (QED) is 0.720. The average Bonchev–Trinajstić information content (AvgIpc) is 2.29. The van der Waals surface area contributed by atoms with E-state index in [1.165, 1.54) is 12.0 Å². The molecule has 0 radical (unpaired) electrons. The van der Waals surface area contributed by atoms with Gasteiger partial charge in [-0.25, -0.2) is 0 Å². The summed E-state index contributed by atoms with van der Waals surface area (Å²) in [5.74, 6) is -0.0626. The minimum Gasteiger partial charge on any atom is -0.389 e. The smallest absolute Gasteiger partial charge is 0.242 e. The van der Waals surface area contributed by atoms with Crippen molar-refractivity contribution in [1.29, 1.82) is 0 Å². The van der Waals surface area contributed by atoms with Gasteiger partial charge in [-0.15, -0.1) is 0 Å². The van der Waals surface area contributed by atoms with Crippen LogP contribution in [0.2, 0.25) is 0 Å². The molecule has 5 heteroatoms. The van der Waals surface area contributed by atoms with Crippen molar-refractivity contribution in [2.45, 2.75) is 43.7 Å². The van der Waals surface area contributed by atoms with Crippen molar-refractivity contribution in [1.82, 2.24) is 4.90 Å². The average molecular weight is 244 g/mol. The van der Waals surface area contributed by atoms with E-state index in [2.05, 4.69) is 0 Å². The predicted octanol–water partition coefficient (Wildman–Crippen LogP) is 0.114. The summed E-state index contributed by atoms with van der Waals surface area (Å²) in [4.78, 5) is 13.7. The number of aliphatic hydroxyl groups is 1. The Morgan fingerprint density at radius 3 is 2.59 bits per heavy atom. The highest BCUT2D eigenvalue weighted by atomic mass is 16.5. The number of carbonyl (C=O) groups is 1. The maximum atomic E-state index is 12.2. The maximum Gasteiger partial charge on any atom is 0.242 e. The summed E-state index contributed by atoms with van der Waals surface area (Å²) in [5, 5.41) is 9.59. The SMILES string of the molecule is COCC(O)CN(C)C(=O)C1(N)CCCCC1. The first-order valence-electron chi connectivity index (χ1n) is 6.21. The van der Waals surface area contributed by atoms with Gasteiger partial charge in [-0.3, -0.25) is 4.79 Å². The van der Waals surface area contributed by atoms with Crippen LogP contribution in [0.3, 0.4) is 0 Å². The zero-order valence-electron chi connectivity index (χ0n) is 10.8. The van der Waals surface area contributed by atoms with Crippen molar-refractivity contribution in [3.05, 3.63) is 0 Å². The molecule has 5 nitrogen and oxygen atoms in total. The molecule has 0 aromatic rings. The number of aliphatic hydroxyl groups excluding tert-OH is 1. The molecule has 3 N–H and O–H groups in total. The number of likely N-dealkylation sites (N-methyl/N-ethyl adjacent to an activating group) is 1. The normalized spacial score (nSPS) is 20.9. The van der Waals surface area contributed by atoms with Crippen LogP contribution in [0.1, 0.15) is 32.1 Å². The molecule has 1 saturated carbocycles. The highest BCUT2D eigenvalue weighted by Crippen LogP contribution is 2.27. The lowest BCUT2D eigenvalue weighted by molar-refractivity contribution is -0.138. The van der Waals surface area contributed by atoms with E-state index in [4.69, 9.17) is 10.5 Å². The Morgan fingerprint density at radius 2 is 2.06 bits per heavy atom. The number of methoxy groups -OCH3 is 1. The third-order valence-corrected chi connectivity index (χ3v) is 3.36. The first-order valence-corrected chi connectivity index (χ1v) is 6.21. The van der Waals surface area contributed by atoms with Gasteiger partial charge in [0.2, 0.25) is 5.91 Å². The molecule has 0 spiro atoms. The first-order chi connectivity index (χ1) is 7.99. The second kappa shape index (κ2) is 6.33. The van der Waals surface area contributed by atoms with Crippen LogP contribution in [-0.4, -0.2) is 54.9 Å². The topological polar surface area (TPSA) is 75.8 Å². The molecule has 0 saturated heterocycles. The molecule has 0 bridgehead atoms. The van der Waals surface area contributed by atoms with E-state index >= 15 is 0 Å². The zero-order valence-corrected chi connectivity index (χ0v) is 10.8. The molecular weight excluding hydrogens is 220 g/mol. The Morgan fingerprint density at radius 1 is 1.47 bits per heavy atom. The van der Waals surface area contributed by atoms with Crippen LogP contribution < -0.4 is 5.73 Å². The molecule has 0 aliphatic heterocycles. The van der Waals surface area contributed by atoms with E-state index in [0.29, 0.717) is 0 Å². The molecule has 1 unspecified atom stereocenters. The fourth-order valence-electron chi connectivity index (χ4n) is 2.42. The van der Waals surface area contributed by atoms with E-state index in [-0.39, 0.29) is 19.1 Å². The van der Waals surface area contributed by atoms with E-state index in [1.807, 2.05) is 0 Å². The molecule has 1 fully saturated rings. The Balaban J connectivity index is 2.50. The van der Waals surface area contributed by atoms with Gasteiger partial charge in [-0.2, -0.15) is 0 Å². The largest absolute Gasteiger partial charge is 0.389 e. The van der Waals surface area contributed by atoms with Crippen molar-refractivity contribution >= 4 is 5.91 Å². The number of carbonyl (C=O) groups excluding carboxylic acids is 1. The highest BCUT2D eigenvalue weighted by molar-refractivity contribution is 5.86. The van der Waals surface area contributed by atoms with Crippen LogP contribution >= 0.6 is 0 Å². The minimum atomic E-state index is -0.722. The third-order valence-electron chi connectivity index (χ3n) is 3.36. The zero-order chi connectivity index (χ0) is 12.9. The molecule has 0 aromatic heterocycles. The van der Waals surface area contributed by atoms with Crippen molar-refractivity contribution in [3.63, 3.8) is 0 Å². The summed E-state index contributed by atoms with van der Waals surface area (Å²) in [5.41, 5.74) is 5.43. The number of amides is 1. The summed E-state index contributed by atoms with van der Waals surface area (Å²) >= 11 is 0. The predicted molar refractivity (Wildman–Crippen MR) is 65.5 cm³/mol. The molecule has 17 heavy (non-hydrogen) atoms. The monoisotopic (exact) mass is 244 g/mol. The number of nitrogens with zero attached hydrogens (tertiary/aromatic N) is 1. The van der Waals surface area contributed by atoms with Gasteiger partial charge in [0.15, 0.2) is 0 Å². The van der Waals surface area contributed by atoms with Crippen LogP contribution in [0, 0.1) is 0 Å². The van der Waals surface area contributed by atoms with E-state index in [1.54, 1.807) is 7.05 Å². The Bertz CT molecular complexity index is 252. The van der Waals surface area contributed by atoms with Crippen LogP contribution in [0.5, 0.6) is 0 Å². The number of hydrogen-bond donors (Lipinski definition) is 2. The van der Waals surface area contributed by atoms with Crippen molar-refractivity contribution in [3.8, 4) is 0 Å². The Kier molecular flexibility index (Phi) is 5.36.